The molecule has 30 nitrogen and oxygen atoms in total. The number of methoxy groups -OCH3 is 8. The molecule has 33 heteroatoms. The second kappa shape index (κ2) is 45.3. The molecular formula is C104H109Cl2N21O9S. The molecule has 1 saturated heterocycles. The maximum Gasteiger partial charge on any atom is 0.127 e. The minimum Gasteiger partial charge on any atom is -0.497 e. The smallest absolute Gasteiger partial charge is 0.127 e. The zero-order chi connectivity index (χ0) is 96.2. The summed E-state index contributed by atoms with van der Waals surface area (Å²) in [7, 11) is 20.6. The Labute approximate surface area is 810 Å². The molecule has 1 aliphatic rings. The van der Waals surface area contributed by atoms with Crippen molar-refractivity contribution in [2.75, 3.05) is 122 Å². The van der Waals surface area contributed by atoms with E-state index in [4.69, 9.17) is 91.5 Å². The van der Waals surface area contributed by atoms with Crippen LogP contribution in [0.5, 0.6) is 46.0 Å². The van der Waals surface area contributed by atoms with Crippen molar-refractivity contribution in [2.45, 2.75) is 52.5 Å². The zero-order valence-electron chi connectivity index (χ0n) is 79.1. The fraction of sp³-hybridized carbons (Fsp3) is 0.250. The number of aliphatic imine (C=N–C) groups is 1. The number of benzene rings is 9. The first-order valence-corrected chi connectivity index (χ1v) is 46.0. The van der Waals surface area contributed by atoms with Gasteiger partial charge in [-0.2, -0.15) is 15.3 Å². The van der Waals surface area contributed by atoms with E-state index in [1.54, 1.807) is 139 Å². The predicted octanol–water partition coefficient (Wildman–Crippen LogP) is 20.5. The van der Waals surface area contributed by atoms with Gasteiger partial charge in [-0.05, 0) is 129 Å². The highest BCUT2D eigenvalue weighted by Crippen LogP contribution is 2.43. The number of ether oxygens (including phenoxy) is 9. The average Bonchev–Trinajstić information content (AvgIpc) is 1.12. The van der Waals surface area contributed by atoms with Crippen molar-refractivity contribution in [1.29, 1.82) is 0 Å². The van der Waals surface area contributed by atoms with Gasteiger partial charge in [0.2, 0.25) is 0 Å². The van der Waals surface area contributed by atoms with Gasteiger partial charge in [0, 0.05) is 249 Å². The summed E-state index contributed by atoms with van der Waals surface area (Å²) < 4.78 is 55.5. The lowest BCUT2D eigenvalue weighted by molar-refractivity contribution is -0.0669. The van der Waals surface area contributed by atoms with Gasteiger partial charge in [0.1, 0.15) is 46.0 Å². The summed E-state index contributed by atoms with van der Waals surface area (Å²) >= 11 is 13.9. The van der Waals surface area contributed by atoms with Crippen LogP contribution in [0.4, 0.5) is 45.5 Å². The molecule has 1 aliphatic heterocycles. The van der Waals surface area contributed by atoms with E-state index in [0.29, 0.717) is 46.8 Å². The Morgan fingerprint density at radius 1 is 0.460 bits per heavy atom. The van der Waals surface area contributed by atoms with Crippen LogP contribution in [-0.2, 0) is 39.0 Å². The third-order valence-electron chi connectivity index (χ3n) is 22.9. The Hall–Kier alpha value is -15.0. The first-order chi connectivity index (χ1) is 66.6. The van der Waals surface area contributed by atoms with Gasteiger partial charge in [0.15, 0.2) is 0 Å². The number of hydrogen-bond donors (Lipinski definition) is 1. The first-order valence-electron chi connectivity index (χ1n) is 44.2. The van der Waals surface area contributed by atoms with Gasteiger partial charge in [-0.15, -0.1) is 22.9 Å². The van der Waals surface area contributed by atoms with Crippen LogP contribution in [0.3, 0.4) is 0 Å². The lowest BCUT2D eigenvalue weighted by Crippen LogP contribution is -2.47. The Morgan fingerprint density at radius 3 is 1.26 bits per heavy atom. The van der Waals surface area contributed by atoms with E-state index in [1.807, 2.05) is 174 Å². The van der Waals surface area contributed by atoms with Gasteiger partial charge < -0.3 is 68.0 Å². The van der Waals surface area contributed by atoms with Gasteiger partial charge in [-0.25, -0.2) is 19.9 Å². The van der Waals surface area contributed by atoms with Crippen molar-refractivity contribution in [3.63, 3.8) is 0 Å². The SMILES string of the molecule is CN=CC(=CN)c1cnc2ccc(N(CCN3C[C@@H](C)O[C@@H](C)C3)c3cc(OC)cc(OC)c3)cc2n1.COc1cc(OC)c(C)c(N(CCCCl)c2ccc3ncc(-c4cnn(C)c4)nc3c2)c1.COc1cc(OC)cc(N(Cc2ccc(Cl)cc2)c2ccc3ncc(-c4cnn(C)c4)nc3c2)c1.COc1cc(OC)cc(N(Cc2cccs2)c2ccc3ncc(-c4cnn(C)c4)nc3c2)c1. The van der Waals surface area contributed by atoms with Crippen molar-refractivity contribution < 1.29 is 42.6 Å². The number of fused-ring (bicyclic) bond motifs is 4. The average molecular weight is 1900 g/mol. The summed E-state index contributed by atoms with van der Waals surface area (Å²) in [5, 5.41) is 15.5. The van der Waals surface area contributed by atoms with Crippen LogP contribution in [0.2, 0.25) is 5.02 Å². The van der Waals surface area contributed by atoms with Gasteiger partial charge >= 0.3 is 0 Å². The molecule has 0 saturated carbocycles. The number of rotatable bonds is 31. The monoisotopic (exact) mass is 1900 g/mol. The fourth-order valence-electron chi connectivity index (χ4n) is 16.0. The summed E-state index contributed by atoms with van der Waals surface area (Å²) in [6, 6.07) is 58.0. The van der Waals surface area contributed by atoms with Gasteiger partial charge in [0.05, 0.1) is 192 Å². The highest BCUT2D eigenvalue weighted by Gasteiger charge is 2.26. The highest BCUT2D eigenvalue weighted by molar-refractivity contribution is 7.09. The van der Waals surface area contributed by atoms with E-state index in [1.165, 1.54) is 11.1 Å². The van der Waals surface area contributed by atoms with E-state index in [0.717, 1.165) is 208 Å². The maximum absolute atomic E-state index is 6.13. The number of nitrogens with zero attached hydrogens (tertiary/aromatic N) is 20. The molecule has 137 heavy (non-hydrogen) atoms. The molecule has 1 fully saturated rings. The summed E-state index contributed by atoms with van der Waals surface area (Å²) in [4.78, 5) is 54.5. The van der Waals surface area contributed by atoms with Gasteiger partial charge in [-0.1, -0.05) is 29.8 Å². The Bertz CT molecular complexity index is 6990. The number of nitrogens with two attached hydrogens (primary N) is 1. The van der Waals surface area contributed by atoms with E-state index >= 15 is 0 Å². The lowest BCUT2D eigenvalue weighted by Gasteiger charge is -2.37. The summed E-state index contributed by atoms with van der Waals surface area (Å²) in [5.74, 6) is 6.42. The molecule has 0 spiro atoms. The lowest BCUT2D eigenvalue weighted by atomic mass is 10.1. The molecule has 0 radical (unpaired) electrons. The molecule has 0 aliphatic carbocycles. The molecule has 18 rings (SSSR count). The van der Waals surface area contributed by atoms with Crippen LogP contribution in [0.25, 0.3) is 83.5 Å². The molecule has 8 aromatic heterocycles. The number of allylic oxidation sites excluding steroid dienone is 1. The summed E-state index contributed by atoms with van der Waals surface area (Å²) in [5.41, 5.74) is 28.8. The summed E-state index contributed by atoms with van der Waals surface area (Å²) in [6.07, 6.45) is 22.6. The molecule has 0 bridgehead atoms. The van der Waals surface area contributed by atoms with Crippen molar-refractivity contribution in [2.24, 2.45) is 31.9 Å². The van der Waals surface area contributed by atoms with E-state index in [9.17, 15) is 0 Å². The summed E-state index contributed by atoms with van der Waals surface area (Å²) in [6.45, 7) is 11.8. The minimum absolute atomic E-state index is 0.208. The van der Waals surface area contributed by atoms with Crippen LogP contribution in [-0.4, -0.2) is 195 Å². The number of aromatic nitrogens is 14. The first kappa shape index (κ1) is 96.6. The standard InChI is InChI=1S/C28H36N6O3.C27H24ClN5O2.C25H23N5O2S.C24H26ClN5O2/c1-19-17-33(18-20(2)37-19)8-9-34(23-10-24(35-4)13-25(11-23)36-5)22-6-7-26-27(12-22)32-28(16-31-26)21(14-29)15-30-3;1-32-17-19(14-30-32)27-15-29-25-9-8-21(12-26(25)31-27)33(16-18-4-6-20(28)7-5-18)22-10-23(34-2)13-24(11-22)35-3;1-29-15-17(13-27-29)25-14-26-23-7-6-18(11-24(23)28-25)30(16-22-5-4-8-33-22)19-9-20(31-2)12-21(10-19)32-3;1-16-23(11-19(31-3)12-24(16)32-4)30(9-5-8-25)18-6-7-20-21(10-18)28-22(14-26-20)17-13-27-29(2)15-17/h6-7,10-16,19-20H,8-9,17-18,29H2,1-5H3;4-15,17H,16H2,1-3H3;4-15H,16H2,1-3H3;6-7,10-15H,5,8-9H2,1-4H3/t19-,20+;;;. The van der Waals surface area contributed by atoms with Crippen molar-refractivity contribution in [3.05, 3.63) is 276 Å². The molecular weight excluding hydrogens is 1790 g/mol. The van der Waals surface area contributed by atoms with Gasteiger partial charge in [0.25, 0.3) is 0 Å². The molecule has 2 N–H and O–H groups in total. The minimum atomic E-state index is 0.208. The molecule has 17 aromatic rings. The third kappa shape index (κ3) is 24.0. The Balaban J connectivity index is 0.000000139. The highest BCUT2D eigenvalue weighted by atomic mass is 35.5. The second-order valence-corrected chi connectivity index (χ2v) is 34.2. The fourth-order valence-corrected chi connectivity index (χ4v) is 17.0. The molecule has 2 atom stereocenters. The number of aryl methyl sites for hydroxylation is 3. The largest absolute Gasteiger partial charge is 0.497 e. The van der Waals surface area contributed by atoms with Crippen LogP contribution < -0.4 is 63.2 Å². The predicted molar refractivity (Wildman–Crippen MR) is 548 cm³/mol. The normalized spacial score (nSPS) is 13.1. The molecule has 0 unspecified atom stereocenters. The van der Waals surface area contributed by atoms with E-state index in [2.05, 4.69) is 132 Å². The van der Waals surface area contributed by atoms with Crippen molar-refractivity contribution in [3.8, 4) is 79.8 Å². The third-order valence-corrected chi connectivity index (χ3v) is 24.3. The number of thiophene rings is 1. The number of alkyl halides is 1. The maximum atomic E-state index is 6.13. The number of halogens is 2. The zero-order valence-corrected chi connectivity index (χ0v) is 81.5. The van der Waals surface area contributed by atoms with Crippen LogP contribution >= 0.6 is 34.5 Å². The van der Waals surface area contributed by atoms with Crippen LogP contribution in [0.15, 0.2) is 254 Å². The number of morpholine rings is 1. The van der Waals surface area contributed by atoms with Crippen molar-refractivity contribution in [1.82, 2.24) is 74.1 Å². The van der Waals surface area contributed by atoms with Gasteiger partial charge in [-0.3, -0.25) is 43.9 Å². The second-order valence-electron chi connectivity index (χ2n) is 32.4. The number of anilines is 8. The van der Waals surface area contributed by atoms with E-state index in [-0.39, 0.29) is 12.2 Å². The van der Waals surface area contributed by atoms with E-state index < -0.39 is 0 Å². The topological polar surface area (TPSA) is 294 Å². The quantitative estimate of drug-likeness (QED) is 0.0312. The molecule has 9 heterocycles. The van der Waals surface area contributed by atoms with Crippen LogP contribution in [0, 0.1) is 6.92 Å². The number of hydrogen-bond acceptors (Lipinski definition) is 28. The Kier molecular flexibility index (Phi) is 32.0. The molecule has 704 valence electrons. The molecule has 9 aromatic carbocycles. The Morgan fingerprint density at radius 2 is 0.869 bits per heavy atom. The molecule has 0 amide bonds. The van der Waals surface area contributed by atoms with Crippen LogP contribution in [0.1, 0.15) is 42.0 Å². The van der Waals surface area contributed by atoms with Crippen molar-refractivity contribution >= 4 is 136 Å².